The number of benzene rings is 1. The molecule has 2 fully saturated rings. The van der Waals surface area contributed by atoms with Crippen LogP contribution in [0.4, 0.5) is 14.0 Å². The van der Waals surface area contributed by atoms with Crippen molar-refractivity contribution in [3.63, 3.8) is 0 Å². The maximum Gasteiger partial charge on any atom is 0.410 e. The first-order valence-corrected chi connectivity index (χ1v) is 9.31. The Kier molecular flexibility index (Phi) is 5.31. The Morgan fingerprint density at radius 1 is 1.26 bits per heavy atom. The van der Waals surface area contributed by atoms with Crippen molar-refractivity contribution in [2.75, 3.05) is 13.1 Å². The fourth-order valence-electron chi connectivity index (χ4n) is 3.80. The first-order chi connectivity index (χ1) is 12.7. The Hall–Kier alpha value is -2.31. The number of ether oxygens (including phenoxy) is 2. The summed E-state index contributed by atoms with van der Waals surface area (Å²) in [5.74, 6) is -0.301. The monoisotopic (exact) mass is 378 g/mol. The molecule has 1 aromatic rings. The predicted molar refractivity (Wildman–Crippen MR) is 97.9 cm³/mol. The Morgan fingerprint density at radius 2 is 1.96 bits per heavy atom. The van der Waals surface area contributed by atoms with Crippen LogP contribution in [0.25, 0.3) is 0 Å². The van der Waals surface area contributed by atoms with Crippen molar-refractivity contribution >= 4 is 12.2 Å². The van der Waals surface area contributed by atoms with Crippen molar-refractivity contribution in [3.05, 3.63) is 35.9 Å². The summed E-state index contributed by atoms with van der Waals surface area (Å²) in [5, 5.41) is 2.65. The van der Waals surface area contributed by atoms with Gasteiger partial charge in [-0.15, -0.1) is 0 Å². The van der Waals surface area contributed by atoms with Crippen LogP contribution in [0.1, 0.15) is 39.2 Å². The third-order valence-corrected chi connectivity index (χ3v) is 5.09. The second kappa shape index (κ2) is 7.37. The third kappa shape index (κ3) is 4.51. The van der Waals surface area contributed by atoms with Crippen LogP contribution < -0.4 is 5.32 Å². The first kappa shape index (κ1) is 19.5. The van der Waals surface area contributed by atoms with Crippen molar-refractivity contribution in [1.29, 1.82) is 0 Å². The Balaban J connectivity index is 1.55. The van der Waals surface area contributed by atoms with Crippen molar-refractivity contribution < 1.29 is 23.5 Å². The van der Waals surface area contributed by atoms with Gasteiger partial charge < -0.3 is 19.7 Å². The number of fused-ring (bicyclic) bond motifs is 1. The van der Waals surface area contributed by atoms with Crippen LogP contribution in [0.15, 0.2) is 30.3 Å². The van der Waals surface area contributed by atoms with Crippen LogP contribution in [0.5, 0.6) is 0 Å². The van der Waals surface area contributed by atoms with Gasteiger partial charge in [0, 0.05) is 12.5 Å². The zero-order chi connectivity index (χ0) is 19.7. The number of nitrogens with one attached hydrogen (secondary N) is 1. The predicted octanol–water partition coefficient (Wildman–Crippen LogP) is 3.65. The van der Waals surface area contributed by atoms with E-state index in [4.69, 9.17) is 9.47 Å². The second-order valence-corrected chi connectivity index (χ2v) is 8.32. The van der Waals surface area contributed by atoms with Crippen molar-refractivity contribution in [1.82, 2.24) is 10.2 Å². The van der Waals surface area contributed by atoms with Crippen LogP contribution in [-0.4, -0.2) is 47.5 Å². The maximum absolute atomic E-state index is 15.6. The number of nitrogens with zero attached hydrogens (tertiary/aromatic N) is 1. The smallest absolute Gasteiger partial charge is 0.410 e. The molecule has 6 nitrogen and oxygen atoms in total. The molecule has 0 unspecified atom stereocenters. The van der Waals surface area contributed by atoms with E-state index in [1.807, 2.05) is 30.3 Å². The highest BCUT2D eigenvalue weighted by Crippen LogP contribution is 2.45. The largest absolute Gasteiger partial charge is 0.445 e. The number of alkyl halides is 1. The van der Waals surface area contributed by atoms with Gasteiger partial charge in [0.15, 0.2) is 5.67 Å². The number of halogens is 1. The molecule has 0 spiro atoms. The van der Waals surface area contributed by atoms with E-state index in [1.165, 1.54) is 4.90 Å². The minimum Gasteiger partial charge on any atom is -0.445 e. The van der Waals surface area contributed by atoms with Gasteiger partial charge in [0.2, 0.25) is 0 Å². The van der Waals surface area contributed by atoms with Gasteiger partial charge in [0.25, 0.3) is 0 Å². The Bertz CT molecular complexity index is 691. The minimum atomic E-state index is -1.65. The molecule has 3 rings (SSSR count). The Labute approximate surface area is 159 Å². The summed E-state index contributed by atoms with van der Waals surface area (Å²) in [4.78, 5) is 25.8. The van der Waals surface area contributed by atoms with Crippen LogP contribution >= 0.6 is 0 Å². The summed E-state index contributed by atoms with van der Waals surface area (Å²) in [6.45, 7) is 5.70. The fourth-order valence-corrected chi connectivity index (χ4v) is 3.80. The summed E-state index contributed by atoms with van der Waals surface area (Å²) in [5.41, 5.74) is -1.41. The molecule has 1 aliphatic heterocycles. The molecule has 3 atom stereocenters. The molecule has 148 valence electrons. The van der Waals surface area contributed by atoms with Crippen LogP contribution in [0, 0.1) is 5.92 Å². The van der Waals surface area contributed by atoms with Gasteiger partial charge in [-0.25, -0.2) is 14.0 Å². The minimum absolute atomic E-state index is 0.0732. The molecule has 1 N–H and O–H groups in total. The quantitative estimate of drug-likeness (QED) is 0.872. The third-order valence-electron chi connectivity index (χ3n) is 5.09. The average Bonchev–Trinajstić information content (AvgIpc) is 3.07. The van der Waals surface area contributed by atoms with E-state index < -0.39 is 29.5 Å². The highest BCUT2D eigenvalue weighted by molar-refractivity contribution is 5.70. The number of likely N-dealkylation sites (tertiary alicyclic amines) is 1. The summed E-state index contributed by atoms with van der Waals surface area (Å²) in [6.07, 6.45) is -0.0139. The SMILES string of the molecule is CC(C)(C)OC(=O)N1C[C@H]2CC[C@H](NC(=O)OCc3ccccc3)[C@@]2(F)C1. The van der Waals surface area contributed by atoms with Gasteiger partial charge in [-0.05, 0) is 39.2 Å². The molecule has 2 amide bonds. The van der Waals surface area contributed by atoms with Crippen LogP contribution in [0.2, 0.25) is 0 Å². The van der Waals surface area contributed by atoms with Crippen LogP contribution in [0.3, 0.4) is 0 Å². The molecule has 1 aliphatic carbocycles. The molecule has 2 aliphatic rings. The zero-order valence-electron chi connectivity index (χ0n) is 16.0. The van der Waals surface area contributed by atoms with E-state index in [9.17, 15) is 9.59 Å². The standard InChI is InChI=1S/C20H27FN2O4/c1-19(2,3)27-18(25)23-11-15-9-10-16(20(15,21)13-23)22-17(24)26-12-14-7-5-4-6-8-14/h4-8,15-16H,9-13H2,1-3H3,(H,22,24)/t15-,16+,20-/m1/s1. The van der Waals surface area contributed by atoms with Gasteiger partial charge in [0.05, 0.1) is 12.6 Å². The van der Waals surface area contributed by atoms with Gasteiger partial charge in [0.1, 0.15) is 12.2 Å². The lowest BCUT2D eigenvalue weighted by atomic mass is 9.94. The molecule has 0 radical (unpaired) electrons. The van der Waals surface area contributed by atoms with E-state index in [1.54, 1.807) is 20.8 Å². The van der Waals surface area contributed by atoms with Gasteiger partial charge in [-0.3, -0.25) is 0 Å². The molecule has 0 aromatic heterocycles. The van der Waals surface area contributed by atoms with E-state index in [0.717, 1.165) is 5.56 Å². The number of hydrogen-bond acceptors (Lipinski definition) is 4. The molecule has 1 aromatic carbocycles. The number of alkyl carbamates (subject to hydrolysis) is 1. The average molecular weight is 378 g/mol. The van der Waals surface area contributed by atoms with Crippen LogP contribution in [-0.2, 0) is 16.1 Å². The summed E-state index contributed by atoms with van der Waals surface area (Å²) < 4.78 is 26.2. The highest BCUT2D eigenvalue weighted by Gasteiger charge is 2.58. The number of amides is 2. The van der Waals surface area contributed by atoms with E-state index in [0.29, 0.717) is 19.4 Å². The molecule has 1 heterocycles. The topological polar surface area (TPSA) is 67.9 Å². The second-order valence-electron chi connectivity index (χ2n) is 8.32. The maximum atomic E-state index is 15.6. The molecule has 27 heavy (non-hydrogen) atoms. The lowest BCUT2D eigenvalue weighted by Crippen LogP contribution is -2.51. The zero-order valence-corrected chi connectivity index (χ0v) is 16.0. The molecule has 1 saturated heterocycles. The molecule has 1 saturated carbocycles. The van der Waals surface area contributed by atoms with E-state index in [2.05, 4.69) is 5.32 Å². The number of rotatable bonds is 3. The summed E-state index contributed by atoms with van der Waals surface area (Å²) in [7, 11) is 0. The first-order valence-electron chi connectivity index (χ1n) is 9.31. The van der Waals surface area contributed by atoms with Crippen molar-refractivity contribution in [2.24, 2.45) is 5.92 Å². The Morgan fingerprint density at radius 3 is 2.63 bits per heavy atom. The number of hydrogen-bond donors (Lipinski definition) is 1. The van der Waals surface area contributed by atoms with E-state index in [-0.39, 0.29) is 19.1 Å². The molecule has 0 bridgehead atoms. The van der Waals surface area contributed by atoms with Crippen molar-refractivity contribution in [3.8, 4) is 0 Å². The molecular formula is C20H27FN2O4. The van der Waals surface area contributed by atoms with Gasteiger partial charge in [-0.1, -0.05) is 30.3 Å². The van der Waals surface area contributed by atoms with Crippen molar-refractivity contribution in [2.45, 2.75) is 57.5 Å². The van der Waals surface area contributed by atoms with E-state index >= 15 is 4.39 Å². The lowest BCUT2D eigenvalue weighted by molar-refractivity contribution is 0.0240. The normalized spacial score (nSPS) is 27.2. The number of carbonyl (C=O) groups is 2. The summed E-state index contributed by atoms with van der Waals surface area (Å²) in [6, 6.07) is 8.64. The summed E-state index contributed by atoms with van der Waals surface area (Å²) >= 11 is 0. The molecular weight excluding hydrogens is 351 g/mol. The van der Waals surface area contributed by atoms with Gasteiger partial charge >= 0.3 is 12.2 Å². The van der Waals surface area contributed by atoms with Gasteiger partial charge in [-0.2, -0.15) is 0 Å². The number of carbonyl (C=O) groups excluding carboxylic acids is 2. The molecule has 7 heteroatoms. The highest BCUT2D eigenvalue weighted by atomic mass is 19.1. The fraction of sp³-hybridized carbons (Fsp3) is 0.600. The lowest BCUT2D eigenvalue weighted by Gasteiger charge is -2.28.